The largest absolute Gasteiger partial charge is 0.325 e. The molecule has 2 aromatic carbocycles. The van der Waals surface area contributed by atoms with E-state index in [4.69, 9.17) is 46.4 Å². The van der Waals surface area contributed by atoms with Gasteiger partial charge in [0.15, 0.2) is 0 Å². The summed E-state index contributed by atoms with van der Waals surface area (Å²) in [5.41, 5.74) is 0.390. The number of benzene rings is 2. The number of amides is 1. The number of likely N-dealkylation sites (N-methyl/N-ethyl adjacent to an activating group) is 1. The molecule has 0 aliphatic rings. The third-order valence-electron chi connectivity index (χ3n) is 3.16. The number of hydrogen-bond acceptors (Lipinski definition) is 3. The van der Waals surface area contributed by atoms with Crippen LogP contribution in [0.15, 0.2) is 41.3 Å². The molecule has 0 saturated heterocycles. The first-order chi connectivity index (χ1) is 11.6. The molecule has 10 heteroatoms. The van der Waals surface area contributed by atoms with Gasteiger partial charge in [-0.2, -0.15) is 4.31 Å². The Morgan fingerprint density at radius 1 is 1.00 bits per heavy atom. The molecule has 1 amide bonds. The molecule has 0 fully saturated rings. The predicted octanol–water partition coefficient (Wildman–Crippen LogP) is 4.56. The van der Waals surface area contributed by atoms with E-state index in [-0.39, 0.29) is 20.0 Å². The average molecular weight is 442 g/mol. The van der Waals surface area contributed by atoms with Crippen molar-refractivity contribution in [1.29, 1.82) is 0 Å². The molecule has 134 valence electrons. The maximum Gasteiger partial charge on any atom is 0.246 e. The molecule has 0 radical (unpaired) electrons. The molecule has 0 aliphatic carbocycles. The molecule has 0 aliphatic heterocycles. The summed E-state index contributed by atoms with van der Waals surface area (Å²) in [4.78, 5) is 11.9. The molecule has 0 bridgehead atoms. The van der Waals surface area contributed by atoms with Crippen LogP contribution >= 0.6 is 46.4 Å². The second-order valence-corrected chi connectivity index (χ2v) is 8.60. The fourth-order valence-corrected chi connectivity index (χ4v) is 4.45. The van der Waals surface area contributed by atoms with Gasteiger partial charge in [-0.3, -0.25) is 4.79 Å². The maximum atomic E-state index is 12.6. The molecular weight excluding hydrogens is 430 g/mol. The molecule has 0 spiro atoms. The summed E-state index contributed by atoms with van der Waals surface area (Å²) >= 11 is 23.6. The zero-order valence-corrected chi connectivity index (χ0v) is 16.6. The van der Waals surface area contributed by atoms with Crippen LogP contribution in [0.1, 0.15) is 0 Å². The topological polar surface area (TPSA) is 66.5 Å². The molecule has 2 rings (SSSR count). The van der Waals surface area contributed by atoms with Gasteiger partial charge < -0.3 is 5.32 Å². The molecular formula is C15H12Cl4N2O3S. The Labute approximate surface area is 165 Å². The molecule has 2 aromatic rings. The summed E-state index contributed by atoms with van der Waals surface area (Å²) in [5, 5.41) is 3.10. The lowest BCUT2D eigenvalue weighted by Crippen LogP contribution is -2.35. The molecule has 5 nitrogen and oxygen atoms in total. The number of carbonyl (C=O) groups excluding carboxylic acids is 1. The van der Waals surface area contributed by atoms with E-state index in [1.54, 1.807) is 6.07 Å². The lowest BCUT2D eigenvalue weighted by Gasteiger charge is -2.18. The number of anilines is 1. The van der Waals surface area contributed by atoms with Crippen LogP contribution in [-0.4, -0.2) is 32.2 Å². The van der Waals surface area contributed by atoms with Crippen molar-refractivity contribution in [3.05, 3.63) is 56.5 Å². The normalized spacial score (nSPS) is 11.6. The van der Waals surface area contributed by atoms with Gasteiger partial charge in [0.25, 0.3) is 0 Å². The van der Waals surface area contributed by atoms with Crippen molar-refractivity contribution in [2.75, 3.05) is 18.9 Å². The zero-order valence-electron chi connectivity index (χ0n) is 12.8. The smallest absolute Gasteiger partial charge is 0.246 e. The molecule has 0 saturated carbocycles. The first-order valence-electron chi connectivity index (χ1n) is 6.78. The zero-order chi connectivity index (χ0) is 18.8. The van der Waals surface area contributed by atoms with Crippen molar-refractivity contribution < 1.29 is 13.2 Å². The summed E-state index contributed by atoms with van der Waals surface area (Å²) in [5.74, 6) is -0.562. The number of nitrogens with zero attached hydrogens (tertiary/aromatic N) is 1. The Balaban J connectivity index is 2.16. The van der Waals surface area contributed by atoms with E-state index in [9.17, 15) is 13.2 Å². The predicted molar refractivity (Wildman–Crippen MR) is 101 cm³/mol. The summed E-state index contributed by atoms with van der Waals surface area (Å²) in [7, 11) is -2.79. The number of rotatable bonds is 5. The summed E-state index contributed by atoms with van der Waals surface area (Å²) in [6.07, 6.45) is 0. The SMILES string of the molecule is CN(CC(=O)Nc1ccc(Cl)c(Cl)c1)S(=O)(=O)c1c(Cl)cccc1Cl. The second-order valence-electron chi connectivity index (χ2n) is 4.99. The van der Waals surface area contributed by atoms with Gasteiger partial charge >= 0.3 is 0 Å². The van der Waals surface area contributed by atoms with Crippen LogP contribution < -0.4 is 5.32 Å². The van der Waals surface area contributed by atoms with E-state index in [0.717, 1.165) is 4.31 Å². The van der Waals surface area contributed by atoms with Crippen LogP contribution in [0.5, 0.6) is 0 Å². The molecule has 0 unspecified atom stereocenters. The van der Waals surface area contributed by atoms with Gasteiger partial charge in [-0.25, -0.2) is 8.42 Å². The Bertz CT molecular complexity index is 899. The molecule has 1 N–H and O–H groups in total. The highest BCUT2D eigenvalue weighted by atomic mass is 35.5. The van der Waals surface area contributed by atoms with E-state index < -0.39 is 22.5 Å². The van der Waals surface area contributed by atoms with Gasteiger partial charge in [-0.05, 0) is 30.3 Å². The molecule has 0 atom stereocenters. The van der Waals surface area contributed by atoms with Crippen LogP contribution in [-0.2, 0) is 14.8 Å². The van der Waals surface area contributed by atoms with Gasteiger partial charge in [-0.15, -0.1) is 0 Å². The number of halogens is 4. The summed E-state index contributed by atoms with van der Waals surface area (Å²) in [6, 6.07) is 8.87. The fourth-order valence-electron chi connectivity index (χ4n) is 1.95. The van der Waals surface area contributed by atoms with Crippen molar-refractivity contribution in [3.63, 3.8) is 0 Å². The Morgan fingerprint density at radius 2 is 1.60 bits per heavy atom. The van der Waals surface area contributed by atoms with Crippen LogP contribution in [0, 0.1) is 0 Å². The minimum atomic E-state index is -4.04. The number of sulfonamides is 1. The first kappa shape index (κ1) is 20.3. The number of carbonyl (C=O) groups is 1. The van der Waals surface area contributed by atoms with Gasteiger partial charge in [0.1, 0.15) is 4.90 Å². The highest BCUT2D eigenvalue weighted by Gasteiger charge is 2.27. The van der Waals surface area contributed by atoms with Crippen molar-refractivity contribution in [1.82, 2.24) is 4.31 Å². The third kappa shape index (κ3) is 4.78. The summed E-state index contributed by atoms with van der Waals surface area (Å²) in [6.45, 7) is -0.440. The van der Waals surface area contributed by atoms with Crippen LogP contribution in [0.4, 0.5) is 5.69 Å². The summed E-state index contributed by atoms with van der Waals surface area (Å²) < 4.78 is 26.1. The van der Waals surface area contributed by atoms with Crippen molar-refractivity contribution in [2.45, 2.75) is 4.90 Å². The highest BCUT2D eigenvalue weighted by Crippen LogP contribution is 2.31. The minimum Gasteiger partial charge on any atom is -0.325 e. The van der Waals surface area contributed by atoms with E-state index in [0.29, 0.717) is 10.7 Å². The highest BCUT2D eigenvalue weighted by molar-refractivity contribution is 7.89. The lowest BCUT2D eigenvalue weighted by atomic mass is 10.3. The van der Waals surface area contributed by atoms with Crippen molar-refractivity contribution in [2.24, 2.45) is 0 Å². The van der Waals surface area contributed by atoms with Gasteiger partial charge in [-0.1, -0.05) is 52.5 Å². The maximum absolute atomic E-state index is 12.6. The minimum absolute atomic E-state index is 0.0239. The Hall–Kier alpha value is -1.02. The lowest BCUT2D eigenvalue weighted by molar-refractivity contribution is -0.116. The number of hydrogen-bond donors (Lipinski definition) is 1. The third-order valence-corrected chi connectivity index (χ3v) is 6.66. The first-order valence-corrected chi connectivity index (χ1v) is 9.73. The molecule has 0 heterocycles. The monoisotopic (exact) mass is 440 g/mol. The van der Waals surface area contributed by atoms with Crippen LogP contribution in [0.2, 0.25) is 20.1 Å². The molecule has 0 aromatic heterocycles. The van der Waals surface area contributed by atoms with Gasteiger partial charge in [0, 0.05) is 12.7 Å². The average Bonchev–Trinajstić information content (AvgIpc) is 2.50. The second kappa shape index (κ2) is 8.12. The van der Waals surface area contributed by atoms with E-state index in [1.165, 1.54) is 37.4 Å². The van der Waals surface area contributed by atoms with Gasteiger partial charge in [0.05, 0.1) is 26.6 Å². The van der Waals surface area contributed by atoms with Crippen LogP contribution in [0.3, 0.4) is 0 Å². The van der Waals surface area contributed by atoms with Gasteiger partial charge in [0.2, 0.25) is 15.9 Å². The standard InChI is InChI=1S/C15H12Cl4N2O3S/c1-21(25(23,24)15-11(17)3-2-4-12(15)18)8-14(22)20-9-5-6-10(16)13(19)7-9/h2-7H,8H2,1H3,(H,20,22). The van der Waals surface area contributed by atoms with E-state index in [1.807, 2.05) is 0 Å². The van der Waals surface area contributed by atoms with Crippen molar-refractivity contribution in [3.8, 4) is 0 Å². The van der Waals surface area contributed by atoms with E-state index >= 15 is 0 Å². The molecule has 25 heavy (non-hydrogen) atoms. The Morgan fingerprint density at radius 3 is 2.16 bits per heavy atom. The van der Waals surface area contributed by atoms with Crippen molar-refractivity contribution >= 4 is 68.0 Å². The Kier molecular flexibility index (Phi) is 6.59. The van der Waals surface area contributed by atoms with Crippen LogP contribution in [0.25, 0.3) is 0 Å². The fraction of sp³-hybridized carbons (Fsp3) is 0.133. The van der Waals surface area contributed by atoms with E-state index in [2.05, 4.69) is 5.32 Å². The number of nitrogens with one attached hydrogen (secondary N) is 1. The quantitative estimate of drug-likeness (QED) is 0.739.